The zero-order valence-electron chi connectivity index (χ0n) is 24.9. The first-order chi connectivity index (χ1) is 21.0. The molecule has 0 amide bonds. The average molecular weight is 578 g/mol. The van der Waals surface area contributed by atoms with Gasteiger partial charge in [0, 0.05) is 17.7 Å². The number of phenols is 2. The van der Waals surface area contributed by atoms with Crippen molar-refractivity contribution in [1.29, 1.82) is 0 Å². The van der Waals surface area contributed by atoms with Crippen molar-refractivity contribution in [3.8, 4) is 46.0 Å². The minimum absolute atomic E-state index is 0.0219. The van der Waals surface area contributed by atoms with Gasteiger partial charge in [0.1, 0.15) is 28.9 Å². The van der Waals surface area contributed by atoms with E-state index in [-0.39, 0.29) is 35.0 Å². The topological polar surface area (TPSA) is 97.6 Å². The fourth-order valence-corrected chi connectivity index (χ4v) is 6.05. The summed E-state index contributed by atoms with van der Waals surface area (Å²) >= 11 is 0. The third-order valence-corrected chi connectivity index (χ3v) is 8.52. The van der Waals surface area contributed by atoms with Gasteiger partial charge < -0.3 is 19.7 Å². The molecule has 43 heavy (non-hydrogen) atoms. The molecule has 0 aliphatic heterocycles. The number of hydrogen-bond donors (Lipinski definition) is 2. The smallest absolute Gasteiger partial charge is 0.320 e. The maximum absolute atomic E-state index is 11.2. The Morgan fingerprint density at radius 3 is 2.21 bits per heavy atom. The lowest BCUT2D eigenvalue weighted by Crippen LogP contribution is -2.14. The van der Waals surface area contributed by atoms with Crippen LogP contribution in [0.15, 0.2) is 66.7 Å². The highest BCUT2D eigenvalue weighted by molar-refractivity contribution is 6.13. The quantitative estimate of drug-likeness (QED) is 0.151. The van der Waals surface area contributed by atoms with E-state index in [1.165, 1.54) is 12.1 Å². The van der Waals surface area contributed by atoms with E-state index in [1.54, 1.807) is 0 Å². The number of nitrogens with zero attached hydrogens (tertiary/aromatic N) is 3. The summed E-state index contributed by atoms with van der Waals surface area (Å²) in [5, 5.41) is 26.6. The summed E-state index contributed by atoms with van der Waals surface area (Å²) < 4.78 is 12.3. The first kappa shape index (κ1) is 28.7. The Bertz CT molecular complexity index is 1710. The Morgan fingerprint density at radius 1 is 0.814 bits per heavy atom. The summed E-state index contributed by atoms with van der Waals surface area (Å²) in [4.78, 5) is 14.2. The third-order valence-electron chi connectivity index (χ3n) is 8.52. The monoisotopic (exact) mass is 577 g/mol. The van der Waals surface area contributed by atoms with Crippen molar-refractivity contribution in [2.75, 3.05) is 6.61 Å². The van der Waals surface area contributed by atoms with Gasteiger partial charge in [0.25, 0.3) is 0 Å². The van der Waals surface area contributed by atoms with Crippen molar-refractivity contribution in [3.05, 3.63) is 66.7 Å². The molecule has 1 atom stereocenters. The lowest BCUT2D eigenvalue weighted by Gasteiger charge is -2.17. The molecule has 0 saturated heterocycles. The van der Waals surface area contributed by atoms with Crippen molar-refractivity contribution in [2.24, 2.45) is 5.92 Å². The van der Waals surface area contributed by atoms with Gasteiger partial charge in [-0.25, -0.2) is 4.98 Å². The summed E-state index contributed by atoms with van der Waals surface area (Å²) in [7, 11) is 0. The van der Waals surface area contributed by atoms with Gasteiger partial charge in [0.15, 0.2) is 11.6 Å². The van der Waals surface area contributed by atoms with Crippen LogP contribution in [0.1, 0.15) is 65.2 Å². The molecule has 1 fully saturated rings. The van der Waals surface area contributed by atoms with Crippen LogP contribution in [0.5, 0.6) is 23.3 Å². The second-order valence-corrected chi connectivity index (χ2v) is 11.5. The van der Waals surface area contributed by atoms with E-state index in [0.29, 0.717) is 24.1 Å². The van der Waals surface area contributed by atoms with Crippen molar-refractivity contribution >= 4 is 21.5 Å². The Labute approximate surface area is 252 Å². The van der Waals surface area contributed by atoms with Crippen LogP contribution < -0.4 is 9.47 Å². The van der Waals surface area contributed by atoms with Gasteiger partial charge in [-0.3, -0.25) is 0 Å². The number of hydrogen-bond acceptors (Lipinski definition) is 7. The highest BCUT2D eigenvalue weighted by Crippen LogP contribution is 2.41. The Balaban J connectivity index is 1.43. The van der Waals surface area contributed by atoms with Crippen LogP contribution in [0.25, 0.3) is 44.3 Å². The van der Waals surface area contributed by atoms with E-state index in [9.17, 15) is 10.2 Å². The highest BCUT2D eigenvalue weighted by atomic mass is 16.5. The summed E-state index contributed by atoms with van der Waals surface area (Å²) in [6, 6.07) is 21.7. The number of ether oxygens (including phenoxy) is 2. The normalized spacial score (nSPS) is 14.4. The molecular weight excluding hydrogens is 538 g/mol. The minimum Gasteiger partial charge on any atom is -0.507 e. The molecular formula is C36H39N3O4. The lowest BCUT2D eigenvalue weighted by molar-refractivity contribution is 0.192. The zero-order chi connectivity index (χ0) is 29.8. The maximum atomic E-state index is 11.2. The van der Waals surface area contributed by atoms with Crippen LogP contribution in [-0.2, 0) is 0 Å². The molecule has 5 aromatic rings. The van der Waals surface area contributed by atoms with Gasteiger partial charge in [-0.2, -0.15) is 9.97 Å². The van der Waals surface area contributed by atoms with Gasteiger partial charge in [0.05, 0.1) is 6.61 Å². The number of aromatic nitrogens is 3. The molecule has 1 aromatic heterocycles. The molecule has 0 spiro atoms. The lowest BCUT2D eigenvalue weighted by atomic mass is 9.97. The van der Waals surface area contributed by atoms with Crippen LogP contribution in [-0.4, -0.2) is 37.9 Å². The second-order valence-electron chi connectivity index (χ2n) is 11.5. The highest BCUT2D eigenvalue weighted by Gasteiger charge is 2.23. The van der Waals surface area contributed by atoms with Crippen molar-refractivity contribution in [2.45, 2.75) is 71.3 Å². The van der Waals surface area contributed by atoms with Gasteiger partial charge >= 0.3 is 6.01 Å². The predicted molar refractivity (Wildman–Crippen MR) is 171 cm³/mol. The van der Waals surface area contributed by atoms with Crippen LogP contribution >= 0.6 is 0 Å². The summed E-state index contributed by atoms with van der Waals surface area (Å²) in [6.45, 7) is 4.87. The SMILES string of the molecule is CCCCC(CC)COc1cc(O)c(-c2nc(OC3CCCC3)nc(-c3cc4ccccc4c4ccccc34)n2)c(O)c1. The Morgan fingerprint density at radius 2 is 1.49 bits per heavy atom. The largest absolute Gasteiger partial charge is 0.507 e. The molecule has 2 N–H and O–H groups in total. The standard InChI is InChI=1S/C36H39N3O4/c1-3-5-12-23(4-2)22-42-26-20-31(40)33(32(41)21-26)35-37-34(38-36(39-35)43-25-14-7-8-15-25)30-19-24-13-6-9-16-27(24)28-17-10-11-18-29(28)30/h6,9-11,13,16-21,23,25,40-41H,3-5,7-8,12,14-15,22H2,1-2H3. The number of unbranched alkanes of at least 4 members (excludes halogenated alkanes) is 1. The first-order valence-corrected chi connectivity index (χ1v) is 15.6. The maximum Gasteiger partial charge on any atom is 0.320 e. The molecule has 222 valence electrons. The van der Waals surface area contributed by atoms with E-state index < -0.39 is 0 Å². The van der Waals surface area contributed by atoms with Crippen LogP contribution in [0.2, 0.25) is 0 Å². The van der Waals surface area contributed by atoms with Crippen molar-refractivity contribution < 1.29 is 19.7 Å². The second kappa shape index (κ2) is 12.9. The third kappa shape index (κ3) is 6.21. The van der Waals surface area contributed by atoms with Crippen molar-refractivity contribution in [3.63, 3.8) is 0 Å². The molecule has 4 aromatic carbocycles. The summed E-state index contributed by atoms with van der Waals surface area (Å²) in [5.41, 5.74) is 0.946. The molecule has 1 unspecified atom stereocenters. The number of aromatic hydroxyl groups is 2. The number of phenolic OH excluding ortho intramolecular Hbond substituents is 2. The predicted octanol–water partition coefficient (Wildman–Crippen LogP) is 8.84. The molecule has 1 aliphatic rings. The molecule has 7 nitrogen and oxygen atoms in total. The van der Waals surface area contributed by atoms with Gasteiger partial charge in [-0.15, -0.1) is 0 Å². The molecule has 0 bridgehead atoms. The van der Waals surface area contributed by atoms with Crippen molar-refractivity contribution in [1.82, 2.24) is 15.0 Å². The molecule has 1 heterocycles. The van der Waals surface area contributed by atoms with Crippen LogP contribution in [0.4, 0.5) is 0 Å². The fraction of sp³-hybridized carbons (Fsp3) is 0.361. The van der Waals surface area contributed by atoms with E-state index in [0.717, 1.165) is 78.5 Å². The summed E-state index contributed by atoms with van der Waals surface area (Å²) in [6.07, 6.45) is 8.49. The molecule has 0 radical (unpaired) electrons. The minimum atomic E-state index is -0.163. The average Bonchev–Trinajstić information content (AvgIpc) is 3.53. The van der Waals surface area contributed by atoms with Gasteiger partial charge in [0.2, 0.25) is 0 Å². The van der Waals surface area contributed by atoms with Crippen LogP contribution in [0, 0.1) is 5.92 Å². The van der Waals surface area contributed by atoms with E-state index in [4.69, 9.17) is 19.4 Å². The molecule has 1 aliphatic carbocycles. The molecule has 1 saturated carbocycles. The summed E-state index contributed by atoms with van der Waals surface area (Å²) in [5.74, 6) is 1.06. The number of benzene rings is 4. The van der Waals surface area contributed by atoms with Gasteiger partial charge in [-0.05, 0) is 65.6 Å². The van der Waals surface area contributed by atoms with Gasteiger partial charge in [-0.1, -0.05) is 81.6 Å². The van der Waals surface area contributed by atoms with E-state index in [2.05, 4.69) is 49.2 Å². The number of rotatable bonds is 11. The van der Waals surface area contributed by atoms with E-state index >= 15 is 0 Å². The van der Waals surface area contributed by atoms with Crippen LogP contribution in [0.3, 0.4) is 0 Å². The number of fused-ring (bicyclic) bond motifs is 3. The first-order valence-electron chi connectivity index (χ1n) is 15.6. The van der Waals surface area contributed by atoms with E-state index in [1.807, 2.05) is 24.3 Å². The molecule has 7 heteroatoms. The molecule has 6 rings (SSSR count). The fourth-order valence-electron chi connectivity index (χ4n) is 6.05. The Kier molecular flexibility index (Phi) is 8.59. The Hall–Kier alpha value is -4.39. The zero-order valence-corrected chi connectivity index (χ0v) is 24.9.